The third-order valence-corrected chi connectivity index (χ3v) is 2.82. The van der Waals surface area contributed by atoms with E-state index in [1.165, 1.54) is 6.20 Å². The smallest absolute Gasteiger partial charge is 0.149 e. The maximum absolute atomic E-state index is 8.68. The number of rotatable bonds is 3. The third-order valence-electron chi connectivity index (χ3n) is 2.82. The number of nitriles is 1. The number of hydrogen-bond donors (Lipinski definition) is 2. The molecule has 0 bridgehead atoms. The Morgan fingerprint density at radius 2 is 2.38 bits per heavy atom. The second kappa shape index (κ2) is 4.37. The van der Waals surface area contributed by atoms with Gasteiger partial charge in [-0.2, -0.15) is 5.26 Å². The van der Waals surface area contributed by atoms with Gasteiger partial charge in [0.05, 0.1) is 17.4 Å². The van der Waals surface area contributed by atoms with Crippen molar-refractivity contribution in [2.75, 3.05) is 18.2 Å². The fraction of sp³-hybridized carbons (Fsp3) is 0.455. The Morgan fingerprint density at radius 3 is 2.94 bits per heavy atom. The van der Waals surface area contributed by atoms with E-state index in [0.29, 0.717) is 29.2 Å². The molecule has 84 valence electrons. The summed E-state index contributed by atoms with van der Waals surface area (Å²) in [5, 5.41) is 11.9. The number of nitrogens with zero attached hydrogens (tertiary/aromatic N) is 2. The van der Waals surface area contributed by atoms with Crippen molar-refractivity contribution in [2.24, 2.45) is 0 Å². The van der Waals surface area contributed by atoms with Gasteiger partial charge in [-0.05, 0) is 18.9 Å². The predicted molar refractivity (Wildman–Crippen MR) is 60.8 cm³/mol. The molecule has 5 heteroatoms. The summed E-state index contributed by atoms with van der Waals surface area (Å²) in [5.41, 5.74) is 6.78. The maximum Gasteiger partial charge on any atom is 0.149 e. The highest BCUT2D eigenvalue weighted by Crippen LogP contribution is 2.27. The van der Waals surface area contributed by atoms with Crippen molar-refractivity contribution < 1.29 is 4.74 Å². The van der Waals surface area contributed by atoms with Crippen molar-refractivity contribution >= 4 is 11.5 Å². The van der Waals surface area contributed by atoms with Crippen LogP contribution in [0.1, 0.15) is 18.4 Å². The Bertz CT molecular complexity index is 420. The van der Waals surface area contributed by atoms with Crippen LogP contribution in [0.3, 0.4) is 0 Å². The lowest BCUT2D eigenvalue weighted by Gasteiger charge is -2.35. The summed E-state index contributed by atoms with van der Waals surface area (Å²) in [7, 11) is 1.72. The first-order valence-corrected chi connectivity index (χ1v) is 5.18. The molecule has 0 amide bonds. The van der Waals surface area contributed by atoms with Gasteiger partial charge >= 0.3 is 0 Å². The molecule has 1 aliphatic rings. The van der Waals surface area contributed by atoms with Gasteiger partial charge in [-0.15, -0.1) is 0 Å². The van der Waals surface area contributed by atoms with Crippen LogP contribution < -0.4 is 11.1 Å². The van der Waals surface area contributed by atoms with Crippen molar-refractivity contribution in [2.45, 2.75) is 25.0 Å². The first-order chi connectivity index (χ1) is 7.72. The van der Waals surface area contributed by atoms with Crippen molar-refractivity contribution in [3.63, 3.8) is 0 Å². The Morgan fingerprint density at radius 1 is 1.62 bits per heavy atom. The van der Waals surface area contributed by atoms with Gasteiger partial charge in [-0.25, -0.2) is 4.98 Å². The van der Waals surface area contributed by atoms with E-state index in [4.69, 9.17) is 15.7 Å². The molecule has 1 fully saturated rings. The van der Waals surface area contributed by atoms with E-state index in [9.17, 15) is 0 Å². The van der Waals surface area contributed by atoms with Gasteiger partial charge in [-0.1, -0.05) is 0 Å². The van der Waals surface area contributed by atoms with Gasteiger partial charge in [0.25, 0.3) is 0 Å². The molecule has 2 rings (SSSR count). The lowest BCUT2D eigenvalue weighted by molar-refractivity contribution is 0.0328. The number of pyridine rings is 1. The molecule has 0 saturated heterocycles. The molecule has 16 heavy (non-hydrogen) atoms. The minimum absolute atomic E-state index is 0.345. The van der Waals surface area contributed by atoms with E-state index < -0.39 is 0 Å². The molecule has 1 aliphatic carbocycles. The van der Waals surface area contributed by atoms with Crippen LogP contribution in [0.5, 0.6) is 0 Å². The molecule has 0 spiro atoms. The largest absolute Gasteiger partial charge is 0.396 e. The average Bonchev–Trinajstić information content (AvgIpc) is 2.24. The van der Waals surface area contributed by atoms with Crippen molar-refractivity contribution in [3.05, 3.63) is 17.8 Å². The number of aromatic nitrogens is 1. The van der Waals surface area contributed by atoms with Crippen LogP contribution in [0.25, 0.3) is 0 Å². The van der Waals surface area contributed by atoms with Gasteiger partial charge in [0, 0.05) is 19.3 Å². The minimum Gasteiger partial charge on any atom is -0.396 e. The zero-order valence-electron chi connectivity index (χ0n) is 9.10. The number of methoxy groups -OCH3 is 1. The van der Waals surface area contributed by atoms with E-state index in [2.05, 4.69) is 10.3 Å². The number of nitrogen functional groups attached to an aromatic ring is 1. The van der Waals surface area contributed by atoms with Gasteiger partial charge in [0.2, 0.25) is 0 Å². The molecule has 3 N–H and O–H groups in total. The first kappa shape index (κ1) is 10.7. The summed E-state index contributed by atoms with van der Waals surface area (Å²) in [6, 6.07) is 4.00. The molecular weight excluding hydrogens is 204 g/mol. The summed E-state index contributed by atoms with van der Waals surface area (Å²) in [6.07, 6.45) is 3.80. The topological polar surface area (TPSA) is 84.0 Å². The van der Waals surface area contributed by atoms with Crippen LogP contribution in [-0.2, 0) is 4.74 Å². The standard InChI is InChI=1S/C11H14N4O/c1-16-9-3-8(4-9)15-11-10(13)2-7(5-12)6-14-11/h2,6,8-9H,3-4,13H2,1H3,(H,14,15). The molecule has 0 aliphatic heterocycles. The molecule has 0 unspecified atom stereocenters. The minimum atomic E-state index is 0.345. The maximum atomic E-state index is 8.68. The zero-order valence-corrected chi connectivity index (χ0v) is 9.10. The van der Waals surface area contributed by atoms with Crippen molar-refractivity contribution in [1.29, 1.82) is 5.26 Å². The summed E-state index contributed by atoms with van der Waals surface area (Å²) < 4.78 is 5.19. The summed E-state index contributed by atoms with van der Waals surface area (Å²) in [5.74, 6) is 0.651. The number of ether oxygens (including phenoxy) is 1. The summed E-state index contributed by atoms with van der Waals surface area (Å²) in [4.78, 5) is 4.12. The highest BCUT2D eigenvalue weighted by molar-refractivity contribution is 5.63. The normalized spacial score (nSPS) is 23.2. The Labute approximate surface area is 94.2 Å². The molecule has 1 aromatic rings. The zero-order chi connectivity index (χ0) is 11.5. The molecule has 1 saturated carbocycles. The third kappa shape index (κ3) is 2.07. The lowest BCUT2D eigenvalue weighted by Crippen LogP contribution is -2.40. The van der Waals surface area contributed by atoms with Crippen molar-refractivity contribution in [1.82, 2.24) is 4.98 Å². The van der Waals surface area contributed by atoms with Crippen LogP contribution in [0.4, 0.5) is 11.5 Å². The predicted octanol–water partition coefficient (Wildman–Crippen LogP) is 1.12. The molecular formula is C11H14N4O. The monoisotopic (exact) mass is 218 g/mol. The molecule has 1 aromatic heterocycles. The van der Waals surface area contributed by atoms with E-state index in [1.54, 1.807) is 13.2 Å². The van der Waals surface area contributed by atoms with Gasteiger partial charge in [-0.3, -0.25) is 0 Å². The number of anilines is 2. The molecule has 0 aromatic carbocycles. The molecule has 5 nitrogen and oxygen atoms in total. The quantitative estimate of drug-likeness (QED) is 0.794. The van der Waals surface area contributed by atoms with E-state index in [-0.39, 0.29) is 0 Å². The van der Waals surface area contributed by atoms with E-state index in [0.717, 1.165) is 12.8 Å². The number of nitrogens with two attached hydrogens (primary N) is 1. The van der Waals surface area contributed by atoms with Gasteiger partial charge < -0.3 is 15.8 Å². The molecule has 0 atom stereocenters. The summed E-state index contributed by atoms with van der Waals surface area (Å²) >= 11 is 0. The highest BCUT2D eigenvalue weighted by atomic mass is 16.5. The fourth-order valence-electron chi connectivity index (χ4n) is 1.73. The van der Waals surface area contributed by atoms with Crippen molar-refractivity contribution in [3.8, 4) is 6.07 Å². The van der Waals surface area contributed by atoms with Crippen LogP contribution in [0.15, 0.2) is 12.3 Å². The average molecular weight is 218 g/mol. The number of nitrogens with one attached hydrogen (secondary N) is 1. The summed E-state index contributed by atoms with van der Waals surface area (Å²) in [6.45, 7) is 0. The Hall–Kier alpha value is -1.80. The van der Waals surface area contributed by atoms with Gasteiger partial charge in [0.15, 0.2) is 0 Å². The lowest BCUT2D eigenvalue weighted by atomic mass is 9.89. The van der Waals surface area contributed by atoms with Crippen LogP contribution in [-0.4, -0.2) is 24.2 Å². The van der Waals surface area contributed by atoms with Crippen LogP contribution in [0, 0.1) is 11.3 Å². The Balaban J connectivity index is 1.98. The second-order valence-corrected chi connectivity index (χ2v) is 3.94. The SMILES string of the molecule is COC1CC(Nc2ncc(C#N)cc2N)C1. The Kier molecular flexibility index (Phi) is 2.93. The number of hydrogen-bond acceptors (Lipinski definition) is 5. The first-order valence-electron chi connectivity index (χ1n) is 5.18. The van der Waals surface area contributed by atoms with Gasteiger partial charge in [0.1, 0.15) is 11.9 Å². The molecule has 0 radical (unpaired) electrons. The second-order valence-electron chi connectivity index (χ2n) is 3.94. The van der Waals surface area contributed by atoms with E-state index >= 15 is 0 Å². The van der Waals surface area contributed by atoms with Crippen LogP contribution >= 0.6 is 0 Å². The highest BCUT2D eigenvalue weighted by Gasteiger charge is 2.29. The van der Waals surface area contributed by atoms with E-state index in [1.807, 2.05) is 6.07 Å². The van der Waals surface area contributed by atoms with Crippen LogP contribution in [0.2, 0.25) is 0 Å². The fourth-order valence-corrected chi connectivity index (χ4v) is 1.73. The molecule has 1 heterocycles.